The molecule has 2 aromatic rings. The SMILES string of the molecule is Cc1csc2c1C(c1ccc(Cl)cc1)=NC(C)C(=O)N2. The number of anilines is 1. The van der Waals surface area contributed by atoms with Gasteiger partial charge in [-0.2, -0.15) is 0 Å². The summed E-state index contributed by atoms with van der Waals surface area (Å²) >= 11 is 7.47. The number of nitrogens with one attached hydrogen (secondary N) is 1. The van der Waals surface area contributed by atoms with E-state index in [0.29, 0.717) is 5.02 Å². The first kappa shape index (κ1) is 13.3. The van der Waals surface area contributed by atoms with Gasteiger partial charge in [-0.05, 0) is 36.9 Å². The molecule has 3 nitrogen and oxygen atoms in total. The maximum Gasteiger partial charge on any atom is 0.249 e. The second-order valence-corrected chi connectivity index (χ2v) is 6.09. The van der Waals surface area contributed by atoms with E-state index in [1.54, 1.807) is 6.92 Å². The van der Waals surface area contributed by atoms with Gasteiger partial charge in [0, 0.05) is 16.1 Å². The molecule has 1 atom stereocenters. The van der Waals surface area contributed by atoms with Crippen LogP contribution < -0.4 is 5.32 Å². The topological polar surface area (TPSA) is 41.5 Å². The van der Waals surface area contributed by atoms with E-state index in [1.807, 2.05) is 36.6 Å². The van der Waals surface area contributed by atoms with Gasteiger partial charge in [0.1, 0.15) is 11.0 Å². The zero-order chi connectivity index (χ0) is 14.3. The molecule has 1 amide bonds. The normalized spacial score (nSPS) is 18.1. The van der Waals surface area contributed by atoms with Crippen LogP contribution in [0.2, 0.25) is 5.02 Å². The van der Waals surface area contributed by atoms with Crippen molar-refractivity contribution < 1.29 is 4.79 Å². The highest BCUT2D eigenvalue weighted by Gasteiger charge is 2.25. The lowest BCUT2D eigenvalue weighted by Crippen LogP contribution is -2.21. The molecule has 0 radical (unpaired) electrons. The molecule has 1 N–H and O–H groups in total. The Hall–Kier alpha value is -1.65. The van der Waals surface area contributed by atoms with Crippen molar-refractivity contribution in [3.63, 3.8) is 0 Å². The molecule has 1 aliphatic rings. The van der Waals surface area contributed by atoms with E-state index in [4.69, 9.17) is 11.6 Å². The smallest absolute Gasteiger partial charge is 0.249 e. The first-order valence-electron chi connectivity index (χ1n) is 6.29. The maximum absolute atomic E-state index is 12.0. The number of benzene rings is 1. The summed E-state index contributed by atoms with van der Waals surface area (Å²) in [6.45, 7) is 3.83. The number of carbonyl (C=O) groups is 1. The number of hydrogen-bond acceptors (Lipinski definition) is 3. The van der Waals surface area contributed by atoms with Crippen LogP contribution in [-0.2, 0) is 4.79 Å². The van der Waals surface area contributed by atoms with Crippen molar-refractivity contribution in [2.75, 3.05) is 5.32 Å². The number of rotatable bonds is 1. The van der Waals surface area contributed by atoms with Crippen LogP contribution in [0.3, 0.4) is 0 Å². The summed E-state index contributed by atoms with van der Waals surface area (Å²) in [6, 6.07) is 7.14. The summed E-state index contributed by atoms with van der Waals surface area (Å²) in [5.41, 5.74) is 3.95. The quantitative estimate of drug-likeness (QED) is 0.853. The molecular formula is C15H13ClN2OS. The van der Waals surface area contributed by atoms with E-state index in [2.05, 4.69) is 10.3 Å². The molecule has 1 aliphatic heterocycles. The Labute approximate surface area is 126 Å². The van der Waals surface area contributed by atoms with Crippen LogP contribution in [0.5, 0.6) is 0 Å². The van der Waals surface area contributed by atoms with Crippen molar-refractivity contribution in [1.82, 2.24) is 0 Å². The van der Waals surface area contributed by atoms with Crippen LogP contribution in [-0.4, -0.2) is 17.7 Å². The zero-order valence-electron chi connectivity index (χ0n) is 11.1. The minimum Gasteiger partial charge on any atom is -0.315 e. The van der Waals surface area contributed by atoms with Crippen molar-refractivity contribution >= 4 is 39.6 Å². The summed E-state index contributed by atoms with van der Waals surface area (Å²) in [5, 5.41) is 6.53. The number of aryl methyl sites for hydroxylation is 1. The Morgan fingerprint density at radius 3 is 2.70 bits per heavy atom. The average molecular weight is 305 g/mol. The fourth-order valence-corrected chi connectivity index (χ4v) is 3.26. The number of thiophene rings is 1. The lowest BCUT2D eigenvalue weighted by molar-refractivity contribution is -0.116. The van der Waals surface area contributed by atoms with E-state index >= 15 is 0 Å². The third-order valence-corrected chi connectivity index (χ3v) is 4.53. The third kappa shape index (κ3) is 2.25. The second kappa shape index (κ2) is 5.04. The number of hydrogen-bond donors (Lipinski definition) is 1. The molecule has 0 saturated heterocycles. The van der Waals surface area contributed by atoms with Crippen LogP contribution in [0.15, 0.2) is 34.6 Å². The Morgan fingerprint density at radius 2 is 2.00 bits per heavy atom. The largest absolute Gasteiger partial charge is 0.315 e. The Bertz CT molecular complexity index is 703. The van der Waals surface area contributed by atoms with Crippen molar-refractivity contribution in [2.24, 2.45) is 4.99 Å². The van der Waals surface area contributed by atoms with Gasteiger partial charge < -0.3 is 5.32 Å². The molecule has 1 aromatic carbocycles. The minimum atomic E-state index is -0.403. The third-order valence-electron chi connectivity index (χ3n) is 3.27. The monoisotopic (exact) mass is 304 g/mol. The molecule has 0 saturated carbocycles. The predicted molar refractivity (Wildman–Crippen MR) is 84.2 cm³/mol. The van der Waals surface area contributed by atoms with Crippen LogP contribution in [0, 0.1) is 6.92 Å². The van der Waals surface area contributed by atoms with Gasteiger partial charge >= 0.3 is 0 Å². The lowest BCUT2D eigenvalue weighted by atomic mass is 10.0. The fraction of sp³-hybridized carbons (Fsp3) is 0.200. The molecule has 1 unspecified atom stereocenters. The Balaban J connectivity index is 2.20. The van der Waals surface area contributed by atoms with Gasteiger partial charge in [0.05, 0.1) is 5.71 Å². The molecule has 0 spiro atoms. The van der Waals surface area contributed by atoms with Gasteiger partial charge in [-0.25, -0.2) is 0 Å². The van der Waals surface area contributed by atoms with Crippen molar-refractivity contribution in [3.8, 4) is 0 Å². The fourth-order valence-electron chi connectivity index (χ4n) is 2.19. The predicted octanol–water partition coefficient (Wildman–Crippen LogP) is 3.89. The van der Waals surface area contributed by atoms with Gasteiger partial charge in [-0.15, -0.1) is 11.3 Å². The van der Waals surface area contributed by atoms with Gasteiger partial charge in [-0.1, -0.05) is 23.7 Å². The summed E-state index contributed by atoms with van der Waals surface area (Å²) in [6.07, 6.45) is 0. The van der Waals surface area contributed by atoms with E-state index in [-0.39, 0.29) is 5.91 Å². The molecular weight excluding hydrogens is 292 g/mol. The first-order valence-corrected chi connectivity index (χ1v) is 7.55. The van der Waals surface area contributed by atoms with Gasteiger partial charge in [0.15, 0.2) is 0 Å². The zero-order valence-corrected chi connectivity index (χ0v) is 12.7. The lowest BCUT2D eigenvalue weighted by Gasteiger charge is -2.08. The van der Waals surface area contributed by atoms with Crippen molar-refractivity contribution in [1.29, 1.82) is 0 Å². The van der Waals surface area contributed by atoms with Crippen molar-refractivity contribution in [2.45, 2.75) is 19.9 Å². The van der Waals surface area contributed by atoms with Gasteiger partial charge in [0.2, 0.25) is 5.91 Å². The van der Waals surface area contributed by atoms with Gasteiger partial charge in [0.25, 0.3) is 0 Å². The molecule has 0 aliphatic carbocycles. The summed E-state index contributed by atoms with van der Waals surface area (Å²) in [5.74, 6) is -0.0722. The highest BCUT2D eigenvalue weighted by atomic mass is 35.5. The van der Waals surface area contributed by atoms with E-state index in [1.165, 1.54) is 11.3 Å². The van der Waals surface area contributed by atoms with Crippen LogP contribution in [0.4, 0.5) is 5.00 Å². The highest BCUT2D eigenvalue weighted by Crippen LogP contribution is 2.32. The molecule has 102 valence electrons. The molecule has 0 bridgehead atoms. The number of fused-ring (bicyclic) bond motifs is 1. The minimum absolute atomic E-state index is 0.0722. The molecule has 0 fully saturated rings. The number of aliphatic imine (C=N–C) groups is 1. The van der Waals surface area contributed by atoms with Crippen LogP contribution in [0.25, 0.3) is 0 Å². The van der Waals surface area contributed by atoms with Gasteiger partial charge in [-0.3, -0.25) is 9.79 Å². The van der Waals surface area contributed by atoms with Crippen LogP contribution >= 0.6 is 22.9 Å². The Morgan fingerprint density at radius 1 is 1.30 bits per heavy atom. The number of halogens is 1. The van der Waals surface area contributed by atoms with Crippen molar-refractivity contribution in [3.05, 3.63) is 51.4 Å². The molecule has 3 rings (SSSR count). The maximum atomic E-state index is 12.0. The molecule has 2 heterocycles. The highest BCUT2D eigenvalue weighted by molar-refractivity contribution is 7.15. The van der Waals surface area contributed by atoms with E-state index in [9.17, 15) is 4.79 Å². The standard InChI is InChI=1S/C15H13ClN2OS/c1-8-7-20-15-12(8)13(17-9(2)14(19)18-15)10-3-5-11(16)6-4-10/h3-7,9H,1-2H3,(H,18,19). The Kier molecular flexibility index (Phi) is 3.36. The second-order valence-electron chi connectivity index (χ2n) is 4.77. The average Bonchev–Trinajstić information content (AvgIpc) is 2.71. The summed E-state index contributed by atoms with van der Waals surface area (Å²) in [7, 11) is 0. The molecule has 20 heavy (non-hydrogen) atoms. The summed E-state index contributed by atoms with van der Waals surface area (Å²) in [4.78, 5) is 16.6. The first-order chi connectivity index (χ1) is 9.56. The number of nitrogens with zero attached hydrogens (tertiary/aromatic N) is 1. The molecule has 5 heteroatoms. The van der Waals surface area contributed by atoms with E-state index in [0.717, 1.165) is 27.4 Å². The number of amides is 1. The number of carbonyl (C=O) groups excluding carboxylic acids is 1. The van der Waals surface area contributed by atoms with E-state index < -0.39 is 6.04 Å². The van der Waals surface area contributed by atoms with Crippen LogP contribution in [0.1, 0.15) is 23.6 Å². The summed E-state index contributed by atoms with van der Waals surface area (Å²) < 4.78 is 0. The molecule has 1 aromatic heterocycles.